The van der Waals surface area contributed by atoms with E-state index < -0.39 is 15.9 Å². The standard InChI is InChI=1S/C22H28ClN3O5S/c1-4-25(5-2)20-8-7-17(32(28,29)26-10-12-31-13-11-26)15-19(20)24-22(27)18-14-16(23)6-9-21(18)30-3/h6-9,14-15H,4-5,10-13H2,1-3H3,(H,24,27). The molecule has 0 aromatic heterocycles. The van der Waals surface area contributed by atoms with E-state index in [0.29, 0.717) is 55.9 Å². The van der Waals surface area contributed by atoms with Gasteiger partial charge in [0.2, 0.25) is 10.0 Å². The maximum atomic E-state index is 13.2. The monoisotopic (exact) mass is 481 g/mol. The molecule has 1 amide bonds. The minimum atomic E-state index is -3.72. The third-order valence-corrected chi connectivity index (χ3v) is 7.46. The zero-order valence-electron chi connectivity index (χ0n) is 18.4. The molecular formula is C22H28ClN3O5S. The second-order valence-electron chi connectivity index (χ2n) is 7.17. The highest BCUT2D eigenvalue weighted by Crippen LogP contribution is 2.32. The lowest BCUT2D eigenvalue weighted by atomic mass is 10.1. The number of amides is 1. The lowest BCUT2D eigenvalue weighted by Crippen LogP contribution is -2.40. The Balaban J connectivity index is 2.02. The quantitative estimate of drug-likeness (QED) is 0.621. The van der Waals surface area contributed by atoms with Crippen LogP contribution in [0.1, 0.15) is 24.2 Å². The van der Waals surface area contributed by atoms with Crippen molar-refractivity contribution in [1.29, 1.82) is 0 Å². The van der Waals surface area contributed by atoms with Crippen molar-refractivity contribution >= 4 is 38.9 Å². The predicted octanol–water partition coefficient (Wildman–Crippen LogP) is 3.47. The number of morpholine rings is 1. The Kier molecular flexibility index (Phi) is 8.00. The number of halogens is 1. The predicted molar refractivity (Wildman–Crippen MR) is 126 cm³/mol. The molecule has 1 fully saturated rings. The number of nitrogens with zero attached hydrogens (tertiary/aromatic N) is 2. The van der Waals surface area contributed by atoms with Crippen molar-refractivity contribution in [2.75, 3.05) is 56.7 Å². The van der Waals surface area contributed by atoms with Gasteiger partial charge in [-0.2, -0.15) is 4.31 Å². The van der Waals surface area contributed by atoms with Gasteiger partial charge in [0.25, 0.3) is 5.91 Å². The topological polar surface area (TPSA) is 88.2 Å². The molecule has 32 heavy (non-hydrogen) atoms. The molecule has 0 aliphatic carbocycles. The zero-order valence-corrected chi connectivity index (χ0v) is 20.0. The average Bonchev–Trinajstić information content (AvgIpc) is 2.81. The fourth-order valence-electron chi connectivity index (χ4n) is 3.60. The number of anilines is 2. The number of rotatable bonds is 8. The van der Waals surface area contributed by atoms with Gasteiger partial charge < -0.3 is 19.7 Å². The smallest absolute Gasteiger partial charge is 0.259 e. The van der Waals surface area contributed by atoms with Crippen LogP contribution in [0.15, 0.2) is 41.3 Å². The van der Waals surface area contributed by atoms with Crippen LogP contribution in [0.5, 0.6) is 5.75 Å². The molecule has 1 saturated heterocycles. The van der Waals surface area contributed by atoms with Crippen LogP contribution >= 0.6 is 11.6 Å². The molecule has 0 radical (unpaired) electrons. The van der Waals surface area contributed by atoms with E-state index in [1.807, 2.05) is 18.7 Å². The summed E-state index contributed by atoms with van der Waals surface area (Å²) >= 11 is 6.08. The summed E-state index contributed by atoms with van der Waals surface area (Å²) in [5.41, 5.74) is 1.38. The molecule has 174 valence electrons. The highest BCUT2D eigenvalue weighted by Gasteiger charge is 2.28. The van der Waals surface area contributed by atoms with Crippen molar-refractivity contribution in [3.8, 4) is 5.75 Å². The molecule has 1 heterocycles. The average molecular weight is 482 g/mol. The molecule has 3 rings (SSSR count). The van der Waals surface area contributed by atoms with E-state index in [0.717, 1.165) is 5.69 Å². The van der Waals surface area contributed by atoms with E-state index >= 15 is 0 Å². The summed E-state index contributed by atoms with van der Waals surface area (Å²) in [7, 11) is -2.25. The first-order valence-corrected chi connectivity index (χ1v) is 12.2. The van der Waals surface area contributed by atoms with Crippen LogP contribution in [0, 0.1) is 0 Å². The molecule has 0 saturated carbocycles. The molecule has 8 nitrogen and oxygen atoms in total. The maximum Gasteiger partial charge on any atom is 0.259 e. The second-order valence-corrected chi connectivity index (χ2v) is 9.54. The van der Waals surface area contributed by atoms with E-state index in [2.05, 4.69) is 5.32 Å². The zero-order chi connectivity index (χ0) is 23.3. The Morgan fingerprint density at radius 3 is 2.47 bits per heavy atom. The van der Waals surface area contributed by atoms with E-state index in [4.69, 9.17) is 21.1 Å². The Morgan fingerprint density at radius 1 is 1.16 bits per heavy atom. The lowest BCUT2D eigenvalue weighted by molar-refractivity contribution is 0.0730. The number of carbonyl (C=O) groups excluding carboxylic acids is 1. The molecular weight excluding hydrogens is 454 g/mol. The Labute approximate surface area is 194 Å². The number of ether oxygens (including phenoxy) is 2. The normalized spacial score (nSPS) is 14.8. The Bertz CT molecular complexity index is 1070. The van der Waals surface area contributed by atoms with Gasteiger partial charge in [-0.05, 0) is 50.2 Å². The van der Waals surface area contributed by atoms with E-state index in [-0.39, 0.29) is 10.5 Å². The summed E-state index contributed by atoms with van der Waals surface area (Å²) in [4.78, 5) is 15.3. The third-order valence-electron chi connectivity index (χ3n) is 5.33. The molecule has 1 N–H and O–H groups in total. The first kappa shape index (κ1) is 24.3. The van der Waals surface area contributed by atoms with Crippen molar-refractivity contribution < 1.29 is 22.7 Å². The number of nitrogens with one attached hydrogen (secondary N) is 1. The molecule has 2 aromatic rings. The van der Waals surface area contributed by atoms with Crippen LogP contribution in [-0.2, 0) is 14.8 Å². The minimum Gasteiger partial charge on any atom is -0.496 e. The fourth-order valence-corrected chi connectivity index (χ4v) is 5.21. The van der Waals surface area contributed by atoms with Crippen LogP contribution in [0.25, 0.3) is 0 Å². The van der Waals surface area contributed by atoms with Crippen LogP contribution in [0.3, 0.4) is 0 Å². The highest BCUT2D eigenvalue weighted by molar-refractivity contribution is 7.89. The van der Waals surface area contributed by atoms with Crippen LogP contribution in [-0.4, -0.2) is 65.1 Å². The molecule has 0 atom stereocenters. The van der Waals surface area contributed by atoms with Crippen molar-refractivity contribution in [3.05, 3.63) is 47.0 Å². The van der Waals surface area contributed by atoms with Gasteiger partial charge >= 0.3 is 0 Å². The Hall–Kier alpha value is -2.33. The van der Waals surface area contributed by atoms with E-state index in [9.17, 15) is 13.2 Å². The first-order chi connectivity index (χ1) is 15.3. The van der Waals surface area contributed by atoms with Crippen LogP contribution in [0.2, 0.25) is 5.02 Å². The van der Waals surface area contributed by atoms with Crippen molar-refractivity contribution in [3.63, 3.8) is 0 Å². The van der Waals surface area contributed by atoms with Gasteiger partial charge in [-0.25, -0.2) is 8.42 Å². The molecule has 0 spiro atoms. The summed E-state index contributed by atoms with van der Waals surface area (Å²) in [6.45, 7) is 6.67. The van der Waals surface area contributed by atoms with Crippen molar-refractivity contribution in [1.82, 2.24) is 4.31 Å². The minimum absolute atomic E-state index is 0.115. The number of hydrogen-bond acceptors (Lipinski definition) is 6. The third kappa shape index (κ3) is 5.17. The molecule has 2 aromatic carbocycles. The number of carbonyl (C=O) groups is 1. The summed E-state index contributed by atoms with van der Waals surface area (Å²) in [6.07, 6.45) is 0. The van der Waals surface area contributed by atoms with E-state index in [1.165, 1.54) is 23.5 Å². The Morgan fingerprint density at radius 2 is 1.84 bits per heavy atom. The summed E-state index contributed by atoms with van der Waals surface area (Å²) in [5, 5.41) is 3.26. The molecule has 1 aliphatic rings. The SMILES string of the molecule is CCN(CC)c1ccc(S(=O)(=O)N2CCOCC2)cc1NC(=O)c1cc(Cl)ccc1OC. The van der Waals surface area contributed by atoms with Gasteiger partial charge in [-0.15, -0.1) is 0 Å². The largest absolute Gasteiger partial charge is 0.496 e. The summed E-state index contributed by atoms with van der Waals surface area (Å²) < 4.78 is 38.3. The van der Waals surface area contributed by atoms with Gasteiger partial charge in [0.1, 0.15) is 5.75 Å². The first-order valence-electron chi connectivity index (χ1n) is 10.4. The molecule has 0 bridgehead atoms. The lowest BCUT2D eigenvalue weighted by Gasteiger charge is -2.28. The maximum absolute atomic E-state index is 13.2. The van der Waals surface area contributed by atoms with Gasteiger partial charge in [0, 0.05) is 31.2 Å². The summed E-state index contributed by atoms with van der Waals surface area (Å²) in [6, 6.07) is 9.57. The van der Waals surface area contributed by atoms with Gasteiger partial charge in [-0.3, -0.25) is 4.79 Å². The van der Waals surface area contributed by atoms with Crippen molar-refractivity contribution in [2.45, 2.75) is 18.7 Å². The van der Waals surface area contributed by atoms with E-state index in [1.54, 1.807) is 24.3 Å². The summed E-state index contributed by atoms with van der Waals surface area (Å²) in [5.74, 6) is -0.0768. The fraction of sp³-hybridized carbons (Fsp3) is 0.409. The number of methoxy groups -OCH3 is 1. The molecule has 1 aliphatic heterocycles. The molecule has 0 unspecified atom stereocenters. The van der Waals surface area contributed by atoms with Gasteiger partial charge in [0.15, 0.2) is 0 Å². The van der Waals surface area contributed by atoms with Crippen LogP contribution < -0.4 is 15.0 Å². The number of sulfonamides is 1. The molecule has 10 heteroatoms. The second kappa shape index (κ2) is 10.5. The number of hydrogen-bond donors (Lipinski definition) is 1. The van der Waals surface area contributed by atoms with Gasteiger partial charge in [-0.1, -0.05) is 11.6 Å². The highest BCUT2D eigenvalue weighted by atomic mass is 35.5. The van der Waals surface area contributed by atoms with Crippen LogP contribution in [0.4, 0.5) is 11.4 Å². The number of benzene rings is 2. The van der Waals surface area contributed by atoms with Crippen molar-refractivity contribution in [2.24, 2.45) is 0 Å². The van der Waals surface area contributed by atoms with Gasteiger partial charge in [0.05, 0.1) is 42.2 Å².